The summed E-state index contributed by atoms with van der Waals surface area (Å²) in [5, 5.41) is 6.78. The first-order chi connectivity index (χ1) is 15.9. The number of pyridine rings is 1. The van der Waals surface area contributed by atoms with E-state index in [2.05, 4.69) is 108 Å². The first-order valence-electron chi connectivity index (χ1n) is 11.5. The molecule has 1 heterocycles. The largest absolute Gasteiger partial charge is 0.308 e. The van der Waals surface area contributed by atoms with E-state index < -0.39 is 0 Å². The van der Waals surface area contributed by atoms with E-state index in [0.29, 0.717) is 6.04 Å². The van der Waals surface area contributed by atoms with Crippen molar-refractivity contribution in [2.24, 2.45) is 0 Å². The normalized spacial score (nSPS) is 15.0. The van der Waals surface area contributed by atoms with Crippen LogP contribution in [-0.4, -0.2) is 17.7 Å². The Morgan fingerprint density at radius 1 is 0.758 bits per heavy atom. The lowest BCUT2D eigenvalue weighted by Gasteiger charge is -2.27. The van der Waals surface area contributed by atoms with Gasteiger partial charge in [0, 0.05) is 18.2 Å². The molecule has 168 valence electrons. The van der Waals surface area contributed by atoms with E-state index in [1.54, 1.807) is 0 Å². The summed E-state index contributed by atoms with van der Waals surface area (Å²) in [6.45, 7) is 0.997. The summed E-state index contributed by atoms with van der Waals surface area (Å²) in [5.74, 6) is 0. The number of nitrogens with one attached hydrogen (secondary N) is 1. The second-order valence-corrected chi connectivity index (χ2v) is 10.7. The first-order valence-corrected chi connectivity index (χ1v) is 13.1. The summed E-state index contributed by atoms with van der Waals surface area (Å²) >= 11 is 0. The summed E-state index contributed by atoms with van der Waals surface area (Å²) in [6, 6.07) is 37.3. The molecule has 1 unspecified atom stereocenters. The predicted molar refractivity (Wildman–Crippen MR) is 145 cm³/mol. The monoisotopic (exact) mass is 472 g/mol. The summed E-state index contributed by atoms with van der Waals surface area (Å²) in [6.07, 6.45) is 4.65. The number of halogens is 1. The van der Waals surface area contributed by atoms with Crippen LogP contribution in [0.4, 0.5) is 0 Å². The molecular formula is C29H30ClN2P. The Balaban J connectivity index is 0.00000259. The molecule has 0 amide bonds. The van der Waals surface area contributed by atoms with Gasteiger partial charge in [0.25, 0.3) is 0 Å². The van der Waals surface area contributed by atoms with Gasteiger partial charge in [0.2, 0.25) is 0 Å². The Morgan fingerprint density at radius 3 is 2.00 bits per heavy atom. The highest BCUT2D eigenvalue weighted by molar-refractivity contribution is 7.73. The van der Waals surface area contributed by atoms with Crippen LogP contribution in [-0.2, 0) is 6.42 Å². The van der Waals surface area contributed by atoms with Crippen molar-refractivity contribution in [1.82, 2.24) is 10.3 Å². The third-order valence-corrected chi connectivity index (χ3v) is 8.73. The van der Waals surface area contributed by atoms with E-state index in [9.17, 15) is 0 Å². The maximum absolute atomic E-state index is 5.12. The molecule has 0 spiro atoms. The second-order valence-electron chi connectivity index (χ2n) is 8.33. The summed E-state index contributed by atoms with van der Waals surface area (Å²) in [7, 11) is -0.370. The van der Waals surface area contributed by atoms with Gasteiger partial charge in [-0.05, 0) is 55.6 Å². The molecule has 0 fully saturated rings. The molecule has 1 aliphatic rings. The molecule has 1 N–H and O–H groups in total. The molecule has 5 rings (SSSR count). The third kappa shape index (κ3) is 5.71. The predicted octanol–water partition coefficient (Wildman–Crippen LogP) is 6.27. The smallest absolute Gasteiger partial charge is 0.0706 e. The highest BCUT2D eigenvalue weighted by atomic mass is 35.5. The molecule has 0 bridgehead atoms. The Kier molecular flexibility index (Phi) is 8.29. The fourth-order valence-electron chi connectivity index (χ4n) is 4.59. The maximum Gasteiger partial charge on any atom is 0.0706 e. The van der Waals surface area contributed by atoms with E-state index in [4.69, 9.17) is 4.98 Å². The zero-order valence-corrected chi connectivity index (χ0v) is 20.4. The van der Waals surface area contributed by atoms with Gasteiger partial charge in [-0.1, -0.05) is 97.1 Å². The van der Waals surface area contributed by atoms with Crippen LogP contribution in [0, 0.1) is 0 Å². The minimum atomic E-state index is -0.370. The van der Waals surface area contributed by atoms with Crippen LogP contribution in [0.25, 0.3) is 11.3 Å². The van der Waals surface area contributed by atoms with Gasteiger partial charge in [0.05, 0.1) is 11.4 Å². The van der Waals surface area contributed by atoms with Crippen molar-refractivity contribution in [2.45, 2.75) is 25.3 Å². The molecule has 0 radical (unpaired) electrons. The van der Waals surface area contributed by atoms with Crippen LogP contribution < -0.4 is 15.9 Å². The van der Waals surface area contributed by atoms with Crippen molar-refractivity contribution < 1.29 is 0 Å². The topological polar surface area (TPSA) is 24.9 Å². The fourth-order valence-corrected chi connectivity index (χ4v) is 6.82. The lowest BCUT2D eigenvalue weighted by molar-refractivity contribution is 0.461. The Morgan fingerprint density at radius 2 is 1.36 bits per heavy atom. The van der Waals surface area contributed by atoms with Crippen molar-refractivity contribution in [2.75, 3.05) is 12.7 Å². The van der Waals surface area contributed by atoms with Crippen LogP contribution in [0.5, 0.6) is 0 Å². The van der Waals surface area contributed by atoms with Gasteiger partial charge in [0.1, 0.15) is 0 Å². The average molecular weight is 473 g/mol. The van der Waals surface area contributed by atoms with Gasteiger partial charge in [-0.15, -0.1) is 12.4 Å². The second kappa shape index (κ2) is 11.6. The molecule has 1 atom stereocenters. The molecule has 1 aromatic heterocycles. The zero-order chi connectivity index (χ0) is 21.6. The molecule has 3 aromatic carbocycles. The van der Waals surface area contributed by atoms with Gasteiger partial charge in [-0.3, -0.25) is 4.98 Å². The third-order valence-electron chi connectivity index (χ3n) is 6.21. The van der Waals surface area contributed by atoms with E-state index in [-0.39, 0.29) is 20.3 Å². The van der Waals surface area contributed by atoms with E-state index in [1.807, 2.05) is 0 Å². The average Bonchev–Trinajstić information content (AvgIpc) is 2.88. The van der Waals surface area contributed by atoms with Gasteiger partial charge in [-0.25, -0.2) is 0 Å². The van der Waals surface area contributed by atoms with Crippen LogP contribution >= 0.6 is 20.3 Å². The van der Waals surface area contributed by atoms with E-state index in [0.717, 1.165) is 31.2 Å². The van der Waals surface area contributed by atoms with Crippen molar-refractivity contribution in [3.8, 4) is 11.3 Å². The quantitative estimate of drug-likeness (QED) is 0.321. The number of rotatable bonds is 7. The van der Waals surface area contributed by atoms with Crippen molar-refractivity contribution in [3.05, 3.63) is 114 Å². The molecule has 0 saturated carbocycles. The van der Waals surface area contributed by atoms with E-state index in [1.165, 1.54) is 33.9 Å². The van der Waals surface area contributed by atoms with E-state index >= 15 is 0 Å². The number of hydrogen-bond acceptors (Lipinski definition) is 2. The summed E-state index contributed by atoms with van der Waals surface area (Å²) < 4.78 is 0. The Bertz CT molecular complexity index is 1100. The van der Waals surface area contributed by atoms with Gasteiger partial charge >= 0.3 is 0 Å². The molecule has 1 aliphatic carbocycles. The van der Waals surface area contributed by atoms with Crippen LogP contribution in [0.15, 0.2) is 103 Å². The number of aryl methyl sites for hydroxylation is 1. The lowest BCUT2D eigenvalue weighted by Crippen LogP contribution is -2.30. The molecule has 4 aromatic rings. The van der Waals surface area contributed by atoms with Crippen molar-refractivity contribution in [1.29, 1.82) is 0 Å². The van der Waals surface area contributed by atoms with Gasteiger partial charge in [0.15, 0.2) is 0 Å². The van der Waals surface area contributed by atoms with Crippen LogP contribution in [0.1, 0.15) is 30.1 Å². The molecule has 0 aliphatic heterocycles. The fraction of sp³-hybridized carbons (Fsp3) is 0.207. The van der Waals surface area contributed by atoms with Gasteiger partial charge in [-0.2, -0.15) is 0 Å². The zero-order valence-electron chi connectivity index (χ0n) is 18.7. The SMILES string of the molecule is Cl.c1ccc(-c2ccc3c(n2)C(NCCP(c2ccccc2)c2ccccc2)CCC3)cc1. The van der Waals surface area contributed by atoms with Crippen molar-refractivity contribution >= 4 is 30.9 Å². The molecule has 4 heteroatoms. The minimum Gasteiger partial charge on any atom is -0.308 e. The van der Waals surface area contributed by atoms with Crippen LogP contribution in [0.3, 0.4) is 0 Å². The molecule has 2 nitrogen and oxygen atoms in total. The summed E-state index contributed by atoms with van der Waals surface area (Å²) in [4.78, 5) is 5.12. The maximum atomic E-state index is 5.12. The summed E-state index contributed by atoms with van der Waals surface area (Å²) in [5.41, 5.74) is 4.92. The van der Waals surface area contributed by atoms with Crippen LogP contribution in [0.2, 0.25) is 0 Å². The van der Waals surface area contributed by atoms with Crippen molar-refractivity contribution in [3.63, 3.8) is 0 Å². The molecular weight excluding hydrogens is 443 g/mol. The molecule has 0 saturated heterocycles. The Labute approximate surface area is 204 Å². The lowest BCUT2D eigenvalue weighted by atomic mass is 9.91. The minimum absolute atomic E-state index is 0. The Hall–Kier alpha value is -2.51. The standard InChI is InChI=1S/C29H29N2P.ClH/c1-4-11-23(12-5-1)27-20-19-24-13-10-18-28(29(24)31-27)30-21-22-32(25-14-6-2-7-15-25)26-16-8-3-9-17-26;/h1-9,11-12,14-17,19-20,28,30H,10,13,18,21-22H2;1H. The number of nitrogens with zero attached hydrogens (tertiary/aromatic N) is 1. The number of benzene rings is 3. The number of hydrogen-bond donors (Lipinski definition) is 1. The molecule has 33 heavy (non-hydrogen) atoms. The first kappa shape index (κ1) is 23.6. The highest BCUT2D eigenvalue weighted by Crippen LogP contribution is 2.34. The number of aromatic nitrogens is 1. The number of fused-ring (bicyclic) bond motifs is 1. The van der Waals surface area contributed by atoms with Gasteiger partial charge < -0.3 is 5.32 Å². The highest BCUT2D eigenvalue weighted by Gasteiger charge is 2.22.